The van der Waals surface area contributed by atoms with E-state index in [9.17, 15) is 14.4 Å². The number of hydrogen-bond acceptors (Lipinski definition) is 7. The molecule has 0 aliphatic heterocycles. The van der Waals surface area contributed by atoms with Crippen molar-refractivity contribution in [2.45, 2.75) is 33.3 Å². The molecule has 0 bridgehead atoms. The zero-order valence-electron chi connectivity index (χ0n) is 17.2. The van der Waals surface area contributed by atoms with E-state index in [0.717, 1.165) is 0 Å². The predicted octanol–water partition coefficient (Wildman–Crippen LogP) is 3.01. The molecule has 1 aromatic heterocycles. The van der Waals surface area contributed by atoms with Crippen molar-refractivity contribution < 1.29 is 33.3 Å². The molecule has 2 aromatic rings. The van der Waals surface area contributed by atoms with Gasteiger partial charge in [0.25, 0.3) is 0 Å². The van der Waals surface area contributed by atoms with E-state index in [1.807, 2.05) is 6.07 Å². The lowest BCUT2D eigenvalue weighted by molar-refractivity contribution is -0.146. The number of carbonyl (C=O) groups is 3. The van der Waals surface area contributed by atoms with Crippen LogP contribution >= 0.6 is 0 Å². The average Bonchev–Trinajstić information content (AvgIpc) is 3.01. The summed E-state index contributed by atoms with van der Waals surface area (Å²) in [5.74, 6) is -0.466. The van der Waals surface area contributed by atoms with Gasteiger partial charge >= 0.3 is 11.9 Å². The SMILES string of the molecule is COC(=O)c1c(C)[nH]c(C(=O)C(C)OC(=O)CCOc2ccccc2OC)c1C. The second-order valence-corrected chi connectivity index (χ2v) is 6.36. The van der Waals surface area contributed by atoms with E-state index < -0.39 is 23.8 Å². The fraction of sp³-hybridized carbons (Fsp3) is 0.381. The van der Waals surface area contributed by atoms with Crippen LogP contribution in [0.15, 0.2) is 24.3 Å². The summed E-state index contributed by atoms with van der Waals surface area (Å²) in [7, 11) is 2.80. The van der Waals surface area contributed by atoms with Crippen molar-refractivity contribution in [3.05, 3.63) is 46.8 Å². The van der Waals surface area contributed by atoms with E-state index in [1.165, 1.54) is 21.1 Å². The Morgan fingerprint density at radius 3 is 2.34 bits per heavy atom. The molecular formula is C21H25NO7. The van der Waals surface area contributed by atoms with Gasteiger partial charge in [0, 0.05) is 5.69 Å². The Morgan fingerprint density at radius 1 is 1.07 bits per heavy atom. The molecule has 0 aliphatic carbocycles. The van der Waals surface area contributed by atoms with Crippen LogP contribution in [0.25, 0.3) is 0 Å². The van der Waals surface area contributed by atoms with Crippen molar-refractivity contribution in [2.24, 2.45) is 0 Å². The van der Waals surface area contributed by atoms with Crippen molar-refractivity contribution in [1.29, 1.82) is 0 Å². The Balaban J connectivity index is 1.94. The number of ether oxygens (including phenoxy) is 4. The van der Waals surface area contributed by atoms with Gasteiger partial charge < -0.3 is 23.9 Å². The molecule has 0 aliphatic rings. The number of carbonyl (C=O) groups excluding carboxylic acids is 3. The van der Waals surface area contributed by atoms with Crippen molar-refractivity contribution >= 4 is 17.7 Å². The minimum Gasteiger partial charge on any atom is -0.493 e. The van der Waals surface area contributed by atoms with Crippen LogP contribution in [0.1, 0.15) is 45.4 Å². The Hall–Kier alpha value is -3.29. The first-order valence-electron chi connectivity index (χ1n) is 9.07. The first-order chi connectivity index (χ1) is 13.8. The van der Waals surface area contributed by atoms with Crippen LogP contribution in [0, 0.1) is 13.8 Å². The van der Waals surface area contributed by atoms with E-state index in [4.69, 9.17) is 18.9 Å². The number of hydrogen-bond donors (Lipinski definition) is 1. The van der Waals surface area contributed by atoms with Crippen molar-refractivity contribution in [2.75, 3.05) is 20.8 Å². The quantitative estimate of drug-likeness (QED) is 0.507. The van der Waals surface area contributed by atoms with Crippen molar-refractivity contribution in [3.8, 4) is 11.5 Å². The lowest BCUT2D eigenvalue weighted by atomic mass is 10.1. The number of para-hydroxylation sites is 2. The standard InChI is InChI=1S/C21H25NO7/c1-12-18(21(25)27-5)13(2)22-19(12)20(24)14(3)29-17(23)10-11-28-16-9-7-6-8-15(16)26-4/h6-9,14,22H,10-11H2,1-5H3. The van der Waals surface area contributed by atoms with Crippen LogP contribution in [0.2, 0.25) is 0 Å². The number of Topliss-reactive ketones (excluding diaryl/α,β-unsaturated/α-hetero) is 1. The molecule has 1 heterocycles. The maximum absolute atomic E-state index is 12.6. The predicted molar refractivity (Wildman–Crippen MR) is 105 cm³/mol. The molecule has 0 spiro atoms. The lowest BCUT2D eigenvalue weighted by Gasteiger charge is -2.13. The Bertz CT molecular complexity index is 900. The molecule has 1 atom stereocenters. The van der Waals surface area contributed by atoms with Crippen molar-refractivity contribution in [1.82, 2.24) is 4.98 Å². The maximum atomic E-state index is 12.6. The minimum absolute atomic E-state index is 0.0359. The van der Waals surface area contributed by atoms with Crippen LogP contribution in [-0.2, 0) is 14.3 Å². The first kappa shape index (κ1) is 22.0. The number of ketones is 1. The van der Waals surface area contributed by atoms with Gasteiger partial charge in [-0.15, -0.1) is 0 Å². The molecule has 1 unspecified atom stereocenters. The topological polar surface area (TPSA) is 104 Å². The highest BCUT2D eigenvalue weighted by Gasteiger charge is 2.27. The number of H-pyrrole nitrogens is 1. The number of benzene rings is 1. The van der Waals surface area contributed by atoms with Gasteiger partial charge in [-0.1, -0.05) is 12.1 Å². The van der Waals surface area contributed by atoms with Gasteiger partial charge in [-0.3, -0.25) is 9.59 Å². The molecule has 1 aromatic carbocycles. The Morgan fingerprint density at radius 2 is 1.72 bits per heavy atom. The fourth-order valence-corrected chi connectivity index (χ4v) is 2.90. The summed E-state index contributed by atoms with van der Waals surface area (Å²) in [6.45, 7) is 4.86. The van der Waals surface area contributed by atoms with Gasteiger partial charge in [-0.25, -0.2) is 4.79 Å². The third-order valence-corrected chi connectivity index (χ3v) is 4.38. The van der Waals surface area contributed by atoms with Gasteiger partial charge in [0.1, 0.15) is 0 Å². The summed E-state index contributed by atoms with van der Waals surface area (Å²) in [4.78, 5) is 39.5. The Kier molecular flexibility index (Phi) is 7.41. The third-order valence-electron chi connectivity index (χ3n) is 4.38. The minimum atomic E-state index is -1.02. The zero-order chi connectivity index (χ0) is 21.6. The fourth-order valence-electron chi connectivity index (χ4n) is 2.90. The molecule has 8 nitrogen and oxygen atoms in total. The Labute approximate surface area is 169 Å². The maximum Gasteiger partial charge on any atom is 0.339 e. The molecule has 0 amide bonds. The van der Waals surface area contributed by atoms with Crippen LogP contribution in [0.4, 0.5) is 0 Å². The van der Waals surface area contributed by atoms with Gasteiger partial charge in [0.05, 0.1) is 38.5 Å². The van der Waals surface area contributed by atoms with E-state index in [0.29, 0.717) is 28.3 Å². The lowest BCUT2D eigenvalue weighted by Crippen LogP contribution is -2.26. The highest BCUT2D eigenvalue weighted by Crippen LogP contribution is 2.26. The third kappa shape index (κ3) is 5.16. The van der Waals surface area contributed by atoms with Gasteiger partial charge in [-0.2, -0.15) is 0 Å². The molecule has 29 heavy (non-hydrogen) atoms. The van der Waals surface area contributed by atoms with E-state index in [2.05, 4.69) is 4.98 Å². The summed E-state index contributed by atoms with van der Waals surface area (Å²) in [6.07, 6.45) is -1.05. The number of nitrogens with one attached hydrogen (secondary N) is 1. The molecule has 0 fully saturated rings. The molecule has 0 radical (unpaired) electrons. The van der Waals surface area contributed by atoms with Crippen LogP contribution in [0.3, 0.4) is 0 Å². The normalized spacial score (nSPS) is 11.5. The van der Waals surface area contributed by atoms with Gasteiger partial charge in [0.2, 0.25) is 5.78 Å². The van der Waals surface area contributed by atoms with Gasteiger partial charge in [-0.05, 0) is 38.5 Å². The molecule has 8 heteroatoms. The average molecular weight is 403 g/mol. The molecule has 0 saturated carbocycles. The summed E-state index contributed by atoms with van der Waals surface area (Å²) in [5, 5.41) is 0. The number of rotatable bonds is 9. The van der Waals surface area contributed by atoms with E-state index in [-0.39, 0.29) is 18.7 Å². The summed E-state index contributed by atoms with van der Waals surface area (Å²) < 4.78 is 20.7. The first-order valence-corrected chi connectivity index (χ1v) is 9.07. The number of esters is 2. The monoisotopic (exact) mass is 403 g/mol. The second-order valence-electron chi connectivity index (χ2n) is 6.36. The summed E-state index contributed by atoms with van der Waals surface area (Å²) >= 11 is 0. The number of aryl methyl sites for hydroxylation is 1. The largest absolute Gasteiger partial charge is 0.493 e. The van der Waals surface area contributed by atoms with Crippen molar-refractivity contribution in [3.63, 3.8) is 0 Å². The summed E-state index contributed by atoms with van der Waals surface area (Å²) in [6, 6.07) is 7.08. The summed E-state index contributed by atoms with van der Waals surface area (Å²) in [5.41, 5.74) is 1.50. The number of methoxy groups -OCH3 is 2. The number of aromatic amines is 1. The molecule has 1 N–H and O–H groups in total. The second kappa shape index (κ2) is 9.77. The van der Waals surface area contributed by atoms with E-state index >= 15 is 0 Å². The van der Waals surface area contributed by atoms with Crippen LogP contribution < -0.4 is 9.47 Å². The molecular weight excluding hydrogens is 378 g/mol. The van der Waals surface area contributed by atoms with Gasteiger partial charge in [0.15, 0.2) is 17.6 Å². The van der Waals surface area contributed by atoms with E-state index in [1.54, 1.807) is 32.0 Å². The molecule has 2 rings (SSSR count). The van der Waals surface area contributed by atoms with Crippen LogP contribution in [0.5, 0.6) is 11.5 Å². The number of aromatic nitrogens is 1. The zero-order valence-corrected chi connectivity index (χ0v) is 17.2. The highest BCUT2D eigenvalue weighted by atomic mass is 16.6. The molecule has 156 valence electrons. The van der Waals surface area contributed by atoms with Crippen LogP contribution in [-0.4, -0.2) is 49.6 Å². The smallest absolute Gasteiger partial charge is 0.339 e. The highest BCUT2D eigenvalue weighted by molar-refractivity contribution is 6.03. The molecule has 0 saturated heterocycles.